The molecule has 0 saturated carbocycles. The third kappa shape index (κ3) is 2.68. The molecule has 1 aliphatic carbocycles. The first-order valence-electron chi connectivity index (χ1n) is 9.93. The predicted octanol–water partition coefficient (Wildman–Crippen LogP) is 3.98. The molecule has 5 rings (SSSR count). The van der Waals surface area contributed by atoms with E-state index < -0.39 is 11.8 Å². The van der Waals surface area contributed by atoms with Crippen LogP contribution < -0.4 is 9.47 Å². The molecule has 2 aliphatic rings. The second kappa shape index (κ2) is 6.99. The number of methoxy groups -OCH3 is 1. The van der Waals surface area contributed by atoms with Crippen molar-refractivity contribution in [1.82, 2.24) is 5.01 Å². The number of carbonyl (C=O) groups is 2. The lowest BCUT2D eigenvalue weighted by Crippen LogP contribution is -2.36. The van der Waals surface area contributed by atoms with E-state index in [0.717, 1.165) is 28.6 Å². The average molecular weight is 400 g/mol. The molecule has 1 aliphatic heterocycles. The number of carbonyl (C=O) groups excluding carboxylic acids is 2. The van der Waals surface area contributed by atoms with E-state index in [4.69, 9.17) is 9.47 Å². The van der Waals surface area contributed by atoms with Crippen molar-refractivity contribution >= 4 is 28.8 Å². The Balaban J connectivity index is 1.53. The summed E-state index contributed by atoms with van der Waals surface area (Å²) in [5, 5.41) is 7.01. The minimum absolute atomic E-state index is 0.405. The molecule has 0 unspecified atom stereocenters. The van der Waals surface area contributed by atoms with Crippen LogP contribution in [0.2, 0.25) is 0 Å². The van der Waals surface area contributed by atoms with Crippen LogP contribution >= 0.6 is 0 Å². The van der Waals surface area contributed by atoms with Gasteiger partial charge in [-0.2, -0.15) is 10.1 Å². The van der Waals surface area contributed by atoms with Crippen molar-refractivity contribution in [2.24, 2.45) is 5.10 Å². The van der Waals surface area contributed by atoms with Crippen molar-refractivity contribution in [2.45, 2.75) is 19.8 Å². The first-order chi connectivity index (χ1) is 14.6. The molecule has 6 nitrogen and oxygen atoms in total. The highest BCUT2D eigenvalue weighted by Gasteiger charge is 2.35. The maximum atomic E-state index is 13.1. The van der Waals surface area contributed by atoms with Gasteiger partial charge < -0.3 is 9.47 Å². The highest BCUT2D eigenvalue weighted by atomic mass is 16.5. The van der Waals surface area contributed by atoms with Crippen molar-refractivity contribution in [3.8, 4) is 11.5 Å². The van der Waals surface area contributed by atoms with Crippen LogP contribution in [0, 0.1) is 0 Å². The topological polar surface area (TPSA) is 68.2 Å². The summed E-state index contributed by atoms with van der Waals surface area (Å²) < 4.78 is 10.9. The molecule has 1 heterocycles. The smallest absolute Gasteiger partial charge is 0.282 e. The third-order valence-corrected chi connectivity index (χ3v) is 5.65. The summed E-state index contributed by atoms with van der Waals surface area (Å²) in [6.45, 7) is 2.38. The van der Waals surface area contributed by atoms with Gasteiger partial charge in [-0.05, 0) is 72.2 Å². The van der Waals surface area contributed by atoms with Gasteiger partial charge in [-0.3, -0.25) is 9.59 Å². The van der Waals surface area contributed by atoms with Gasteiger partial charge in [-0.1, -0.05) is 12.1 Å². The number of amides is 2. The summed E-state index contributed by atoms with van der Waals surface area (Å²) in [6.07, 6.45) is 3.37. The van der Waals surface area contributed by atoms with Crippen molar-refractivity contribution in [3.63, 3.8) is 0 Å². The Morgan fingerprint density at radius 3 is 2.20 bits per heavy atom. The molecule has 0 spiro atoms. The fourth-order valence-corrected chi connectivity index (χ4v) is 4.28. The van der Waals surface area contributed by atoms with Crippen LogP contribution in [0.4, 0.5) is 0 Å². The fraction of sp³-hybridized carbons (Fsp3) is 0.208. The standard InChI is InChI=1S/C24H20N2O4/c1-3-30-20-12-14(4-11-19(20)29-2)13-25-26-23(27)17-9-7-15-5-6-16-8-10-18(24(26)28)22(17)21(15)16/h4,7-13H,3,5-6H2,1-2H3/b25-13-. The lowest BCUT2D eigenvalue weighted by Gasteiger charge is -2.23. The first kappa shape index (κ1) is 18.4. The van der Waals surface area contributed by atoms with Crippen LogP contribution in [0.1, 0.15) is 44.3 Å². The third-order valence-electron chi connectivity index (χ3n) is 5.65. The van der Waals surface area contributed by atoms with E-state index in [2.05, 4.69) is 5.10 Å². The highest BCUT2D eigenvalue weighted by molar-refractivity contribution is 6.26. The summed E-state index contributed by atoms with van der Waals surface area (Å²) >= 11 is 0. The van der Waals surface area contributed by atoms with Gasteiger partial charge in [0.1, 0.15) is 0 Å². The Morgan fingerprint density at radius 2 is 1.60 bits per heavy atom. The van der Waals surface area contributed by atoms with Gasteiger partial charge in [-0.25, -0.2) is 0 Å². The van der Waals surface area contributed by atoms with Crippen LogP contribution in [0.3, 0.4) is 0 Å². The van der Waals surface area contributed by atoms with Gasteiger partial charge in [0.2, 0.25) is 0 Å². The highest BCUT2D eigenvalue weighted by Crippen LogP contribution is 2.38. The number of nitrogens with zero attached hydrogens (tertiary/aromatic N) is 2. The van der Waals surface area contributed by atoms with Gasteiger partial charge in [-0.15, -0.1) is 0 Å². The quantitative estimate of drug-likeness (QED) is 0.480. The molecule has 0 bridgehead atoms. The molecule has 0 radical (unpaired) electrons. The van der Waals surface area contributed by atoms with Crippen molar-refractivity contribution in [2.75, 3.05) is 13.7 Å². The average Bonchev–Trinajstić information content (AvgIpc) is 3.19. The zero-order valence-electron chi connectivity index (χ0n) is 16.8. The van der Waals surface area contributed by atoms with E-state index >= 15 is 0 Å². The number of hydrazone groups is 1. The van der Waals surface area contributed by atoms with E-state index in [1.807, 2.05) is 31.2 Å². The molecule has 2 amide bonds. The molecule has 0 aromatic heterocycles. The van der Waals surface area contributed by atoms with Gasteiger partial charge in [0.25, 0.3) is 11.8 Å². The Morgan fingerprint density at radius 1 is 0.933 bits per heavy atom. The van der Waals surface area contributed by atoms with Crippen molar-refractivity contribution < 1.29 is 19.1 Å². The summed E-state index contributed by atoms with van der Waals surface area (Å²) in [5.74, 6) is 0.376. The van der Waals surface area contributed by atoms with Gasteiger partial charge in [0.15, 0.2) is 11.5 Å². The molecule has 3 aromatic carbocycles. The zero-order chi connectivity index (χ0) is 20.8. The van der Waals surface area contributed by atoms with Crippen LogP contribution in [0.5, 0.6) is 11.5 Å². The number of benzene rings is 3. The van der Waals surface area contributed by atoms with Crippen molar-refractivity contribution in [1.29, 1.82) is 0 Å². The SMILES string of the molecule is CCOc1cc(/C=N\N2C(=O)c3ccc4c5c(ccc(c35)C2=O)CC4)ccc1OC. The molecular formula is C24H20N2O4. The van der Waals surface area contributed by atoms with Crippen LogP contribution in [0.15, 0.2) is 47.6 Å². The van der Waals surface area contributed by atoms with E-state index in [0.29, 0.717) is 34.8 Å². The molecule has 0 fully saturated rings. The Bertz CT molecular complexity index is 1190. The van der Waals surface area contributed by atoms with Crippen LogP contribution in [0.25, 0.3) is 10.8 Å². The number of aryl methyl sites for hydroxylation is 2. The largest absolute Gasteiger partial charge is 0.493 e. The molecule has 6 heteroatoms. The number of hydrogen-bond donors (Lipinski definition) is 0. The molecule has 0 atom stereocenters. The summed E-state index contributed by atoms with van der Waals surface area (Å²) in [6, 6.07) is 12.9. The van der Waals surface area contributed by atoms with Gasteiger partial charge in [0.05, 0.1) is 31.1 Å². The Hall–Kier alpha value is -3.67. The number of rotatable bonds is 5. The molecule has 30 heavy (non-hydrogen) atoms. The fourth-order valence-electron chi connectivity index (χ4n) is 4.28. The normalized spacial score (nSPS) is 14.8. The maximum Gasteiger partial charge on any atom is 0.282 e. The summed E-state index contributed by atoms with van der Waals surface area (Å²) in [4.78, 5) is 26.2. The minimum atomic E-state index is -0.405. The second-order valence-corrected chi connectivity index (χ2v) is 7.30. The minimum Gasteiger partial charge on any atom is -0.493 e. The monoisotopic (exact) mass is 400 g/mol. The number of imide groups is 1. The van der Waals surface area contributed by atoms with Gasteiger partial charge >= 0.3 is 0 Å². The molecule has 150 valence electrons. The second-order valence-electron chi connectivity index (χ2n) is 7.30. The number of ether oxygens (including phenoxy) is 2. The Kier molecular flexibility index (Phi) is 4.28. The van der Waals surface area contributed by atoms with Gasteiger partial charge in [0, 0.05) is 5.39 Å². The lowest BCUT2D eigenvalue weighted by atomic mass is 9.92. The van der Waals surface area contributed by atoms with E-state index in [-0.39, 0.29) is 0 Å². The summed E-state index contributed by atoms with van der Waals surface area (Å²) in [7, 11) is 1.57. The van der Waals surface area contributed by atoms with E-state index in [1.54, 1.807) is 25.3 Å². The molecule has 3 aromatic rings. The Labute approximate surface area is 173 Å². The zero-order valence-corrected chi connectivity index (χ0v) is 16.8. The molecular weight excluding hydrogens is 380 g/mol. The number of hydrogen-bond acceptors (Lipinski definition) is 5. The summed E-state index contributed by atoms with van der Waals surface area (Å²) in [5.41, 5.74) is 4.14. The van der Waals surface area contributed by atoms with Crippen LogP contribution in [-0.2, 0) is 12.8 Å². The molecule has 0 N–H and O–H groups in total. The van der Waals surface area contributed by atoms with Crippen molar-refractivity contribution in [3.05, 3.63) is 70.3 Å². The predicted molar refractivity (Wildman–Crippen MR) is 114 cm³/mol. The van der Waals surface area contributed by atoms with Crippen LogP contribution in [-0.4, -0.2) is 36.8 Å². The maximum absolute atomic E-state index is 13.1. The first-order valence-corrected chi connectivity index (χ1v) is 9.93. The van der Waals surface area contributed by atoms with E-state index in [1.165, 1.54) is 17.3 Å². The van der Waals surface area contributed by atoms with E-state index in [9.17, 15) is 9.59 Å². The lowest BCUT2D eigenvalue weighted by molar-refractivity contribution is 0.0616. The molecule has 0 saturated heterocycles.